The van der Waals surface area contributed by atoms with E-state index in [-0.39, 0.29) is 16.2 Å². The van der Waals surface area contributed by atoms with Crippen LogP contribution in [-0.2, 0) is 19.6 Å². The monoisotopic (exact) mass is 421 g/mol. The van der Waals surface area contributed by atoms with E-state index in [1.807, 2.05) is 6.92 Å². The molecule has 156 valence electrons. The van der Waals surface area contributed by atoms with Crippen molar-refractivity contribution in [2.24, 2.45) is 0 Å². The van der Waals surface area contributed by atoms with Crippen molar-refractivity contribution in [2.45, 2.75) is 24.8 Å². The maximum atomic E-state index is 12.4. The Kier molecular flexibility index (Phi) is 7.35. The number of carbonyl (C=O) groups excluding carboxylic acids is 2. The van der Waals surface area contributed by atoms with Gasteiger partial charge in [0.15, 0.2) is 6.61 Å². The van der Waals surface area contributed by atoms with Crippen LogP contribution >= 0.6 is 0 Å². The first-order chi connectivity index (χ1) is 13.7. The van der Waals surface area contributed by atoms with Crippen molar-refractivity contribution >= 4 is 21.8 Å². The molecule has 0 saturated heterocycles. The molecule has 1 atom stereocenters. The van der Waals surface area contributed by atoms with Gasteiger partial charge in [-0.15, -0.1) is 0 Å². The molecule has 0 aliphatic rings. The summed E-state index contributed by atoms with van der Waals surface area (Å²) in [6.07, 6.45) is 0. The third-order valence-corrected chi connectivity index (χ3v) is 5.63. The lowest BCUT2D eigenvalue weighted by Crippen LogP contribution is -2.40. The standard InChI is InChI=1S/C20H23NO7S/c1-13-5-8-16(9-6-13)29(24,25)21-14(2)20(23)28-12-18(22)17-10-7-15(26-3)11-19(17)27-4/h5-11,14,21H,12H2,1-4H3/t14-/m0/s1. The Balaban J connectivity index is 1.99. The minimum Gasteiger partial charge on any atom is -0.497 e. The Hall–Kier alpha value is -2.91. The van der Waals surface area contributed by atoms with E-state index in [4.69, 9.17) is 14.2 Å². The zero-order valence-corrected chi connectivity index (χ0v) is 17.4. The lowest BCUT2D eigenvalue weighted by atomic mass is 10.1. The molecule has 0 spiro atoms. The van der Waals surface area contributed by atoms with Gasteiger partial charge in [-0.1, -0.05) is 17.7 Å². The third kappa shape index (κ3) is 5.78. The highest BCUT2D eigenvalue weighted by atomic mass is 32.2. The van der Waals surface area contributed by atoms with Crippen LogP contribution in [-0.4, -0.2) is 47.0 Å². The molecule has 0 bridgehead atoms. The maximum Gasteiger partial charge on any atom is 0.324 e. The second-order valence-electron chi connectivity index (χ2n) is 6.25. The van der Waals surface area contributed by atoms with Gasteiger partial charge in [0.1, 0.15) is 17.5 Å². The second kappa shape index (κ2) is 9.53. The fourth-order valence-electron chi connectivity index (χ4n) is 2.43. The first-order valence-electron chi connectivity index (χ1n) is 8.69. The molecule has 2 rings (SSSR count). The van der Waals surface area contributed by atoms with Gasteiger partial charge in [-0.05, 0) is 38.1 Å². The van der Waals surface area contributed by atoms with Crippen LogP contribution in [0.25, 0.3) is 0 Å². The summed E-state index contributed by atoms with van der Waals surface area (Å²) < 4.78 is 42.1. The van der Waals surface area contributed by atoms with E-state index in [9.17, 15) is 18.0 Å². The molecular weight excluding hydrogens is 398 g/mol. The van der Waals surface area contributed by atoms with Gasteiger partial charge >= 0.3 is 5.97 Å². The van der Waals surface area contributed by atoms with Crippen molar-refractivity contribution < 1.29 is 32.2 Å². The number of esters is 1. The Morgan fingerprint density at radius 2 is 1.69 bits per heavy atom. The Labute approximate surface area is 169 Å². The van der Waals surface area contributed by atoms with E-state index in [2.05, 4.69) is 4.72 Å². The maximum absolute atomic E-state index is 12.4. The quantitative estimate of drug-likeness (QED) is 0.488. The lowest BCUT2D eigenvalue weighted by molar-refractivity contribution is -0.144. The predicted molar refractivity (Wildman–Crippen MR) is 106 cm³/mol. The number of ether oxygens (including phenoxy) is 3. The van der Waals surface area contributed by atoms with Gasteiger partial charge in [0.2, 0.25) is 15.8 Å². The summed E-state index contributed by atoms with van der Waals surface area (Å²) in [4.78, 5) is 24.5. The first kappa shape index (κ1) is 22.4. The molecule has 0 saturated carbocycles. The molecule has 0 aliphatic carbocycles. The molecule has 9 heteroatoms. The van der Waals surface area contributed by atoms with Gasteiger partial charge in [0.05, 0.1) is 24.7 Å². The highest BCUT2D eigenvalue weighted by Gasteiger charge is 2.24. The number of Topliss-reactive ketones (excluding diaryl/α,β-unsaturated/α-hetero) is 1. The number of aryl methyl sites for hydroxylation is 1. The number of sulfonamides is 1. The average Bonchev–Trinajstić information content (AvgIpc) is 2.71. The van der Waals surface area contributed by atoms with Crippen LogP contribution in [0.2, 0.25) is 0 Å². The number of ketones is 1. The normalized spacial score (nSPS) is 12.1. The van der Waals surface area contributed by atoms with Crippen molar-refractivity contribution in [1.82, 2.24) is 4.72 Å². The molecule has 2 aromatic rings. The molecule has 0 aromatic heterocycles. The summed E-state index contributed by atoms with van der Waals surface area (Å²) >= 11 is 0. The van der Waals surface area contributed by atoms with Crippen molar-refractivity contribution in [3.63, 3.8) is 0 Å². The van der Waals surface area contributed by atoms with Gasteiger partial charge in [0.25, 0.3) is 0 Å². The van der Waals surface area contributed by atoms with Crippen molar-refractivity contribution in [1.29, 1.82) is 0 Å². The minimum atomic E-state index is -3.90. The predicted octanol–water partition coefficient (Wildman–Crippen LogP) is 2.11. The van der Waals surface area contributed by atoms with E-state index in [1.54, 1.807) is 18.2 Å². The SMILES string of the molecule is COc1ccc(C(=O)COC(=O)[C@H](C)NS(=O)(=O)c2ccc(C)cc2)c(OC)c1. The highest BCUT2D eigenvalue weighted by Crippen LogP contribution is 2.25. The molecule has 1 N–H and O–H groups in total. The average molecular weight is 421 g/mol. The molecule has 0 amide bonds. The zero-order valence-electron chi connectivity index (χ0n) is 16.6. The fourth-order valence-corrected chi connectivity index (χ4v) is 3.63. The van der Waals surface area contributed by atoms with Crippen LogP contribution in [0.15, 0.2) is 47.4 Å². The Morgan fingerprint density at radius 3 is 2.28 bits per heavy atom. The number of nitrogens with one attached hydrogen (secondary N) is 1. The smallest absolute Gasteiger partial charge is 0.324 e. The number of hydrogen-bond acceptors (Lipinski definition) is 7. The minimum absolute atomic E-state index is 0.0294. The van der Waals surface area contributed by atoms with E-state index in [0.717, 1.165) is 5.56 Å². The summed E-state index contributed by atoms with van der Waals surface area (Å²) in [5, 5.41) is 0. The molecule has 29 heavy (non-hydrogen) atoms. The van der Waals surface area contributed by atoms with Crippen LogP contribution in [0.4, 0.5) is 0 Å². The molecule has 0 heterocycles. The van der Waals surface area contributed by atoms with Crippen LogP contribution < -0.4 is 14.2 Å². The zero-order chi connectivity index (χ0) is 21.6. The summed E-state index contributed by atoms with van der Waals surface area (Å²) in [6, 6.07) is 9.62. The highest BCUT2D eigenvalue weighted by molar-refractivity contribution is 7.89. The molecule has 8 nitrogen and oxygen atoms in total. The van der Waals surface area contributed by atoms with Crippen LogP contribution in [0, 0.1) is 6.92 Å². The molecular formula is C20H23NO7S. The molecule has 2 aromatic carbocycles. The lowest BCUT2D eigenvalue weighted by Gasteiger charge is -2.14. The molecule has 0 aliphatic heterocycles. The van der Waals surface area contributed by atoms with E-state index < -0.39 is 34.4 Å². The largest absolute Gasteiger partial charge is 0.497 e. The van der Waals surface area contributed by atoms with Crippen LogP contribution in [0.1, 0.15) is 22.8 Å². The fraction of sp³-hybridized carbons (Fsp3) is 0.300. The number of carbonyl (C=O) groups is 2. The van der Waals surface area contributed by atoms with Crippen molar-refractivity contribution in [2.75, 3.05) is 20.8 Å². The van der Waals surface area contributed by atoms with E-state index >= 15 is 0 Å². The van der Waals surface area contributed by atoms with Gasteiger partial charge < -0.3 is 14.2 Å². The van der Waals surface area contributed by atoms with Crippen LogP contribution in [0.5, 0.6) is 11.5 Å². The number of benzene rings is 2. The third-order valence-electron chi connectivity index (χ3n) is 4.07. The van der Waals surface area contributed by atoms with Gasteiger partial charge in [-0.3, -0.25) is 9.59 Å². The first-order valence-corrected chi connectivity index (χ1v) is 10.2. The molecule has 0 fully saturated rings. The van der Waals surface area contributed by atoms with Crippen molar-refractivity contribution in [3.8, 4) is 11.5 Å². The molecule has 0 unspecified atom stereocenters. The summed E-state index contributed by atoms with van der Waals surface area (Å²) in [5.74, 6) is -0.582. The molecule has 0 radical (unpaired) electrons. The van der Waals surface area contributed by atoms with E-state index in [1.165, 1.54) is 45.4 Å². The summed E-state index contributed by atoms with van der Waals surface area (Å²) in [6.45, 7) is 2.61. The Bertz CT molecular complexity index is 984. The topological polar surface area (TPSA) is 108 Å². The summed E-state index contributed by atoms with van der Waals surface area (Å²) in [5.41, 5.74) is 1.12. The van der Waals surface area contributed by atoms with E-state index in [0.29, 0.717) is 5.75 Å². The van der Waals surface area contributed by atoms with Crippen LogP contribution in [0.3, 0.4) is 0 Å². The van der Waals surface area contributed by atoms with Gasteiger partial charge in [0, 0.05) is 6.07 Å². The number of rotatable bonds is 9. The second-order valence-corrected chi connectivity index (χ2v) is 7.97. The number of hydrogen-bond donors (Lipinski definition) is 1. The number of methoxy groups -OCH3 is 2. The summed E-state index contributed by atoms with van der Waals surface area (Å²) in [7, 11) is -1.01. The van der Waals surface area contributed by atoms with Gasteiger partial charge in [-0.2, -0.15) is 4.72 Å². The van der Waals surface area contributed by atoms with Crippen molar-refractivity contribution in [3.05, 3.63) is 53.6 Å². The van der Waals surface area contributed by atoms with Gasteiger partial charge in [-0.25, -0.2) is 8.42 Å². The Morgan fingerprint density at radius 1 is 1.03 bits per heavy atom.